The van der Waals surface area contributed by atoms with Crippen LogP contribution in [0, 0.1) is 6.92 Å². The van der Waals surface area contributed by atoms with Crippen LogP contribution in [-0.4, -0.2) is 62.7 Å². The molecule has 10 heteroatoms. The van der Waals surface area contributed by atoms with Gasteiger partial charge in [-0.15, -0.1) is 11.3 Å². The van der Waals surface area contributed by atoms with E-state index in [1.54, 1.807) is 0 Å². The number of aliphatic hydroxyl groups is 4. The fourth-order valence-electron chi connectivity index (χ4n) is 3.11. The Morgan fingerprint density at radius 2 is 2.00 bits per heavy atom. The van der Waals surface area contributed by atoms with E-state index >= 15 is 0 Å². The van der Waals surface area contributed by atoms with E-state index in [1.165, 1.54) is 35.8 Å². The van der Waals surface area contributed by atoms with Crippen molar-refractivity contribution in [3.8, 4) is 16.3 Å². The molecule has 0 radical (unpaired) electrons. The van der Waals surface area contributed by atoms with Gasteiger partial charge >= 0.3 is 0 Å². The lowest BCUT2D eigenvalue weighted by Crippen LogP contribution is -2.60. The van der Waals surface area contributed by atoms with E-state index in [1.807, 2.05) is 12.3 Å². The van der Waals surface area contributed by atoms with Crippen LogP contribution < -0.4 is 10.2 Å². The average Bonchev–Trinajstić information content (AvgIpc) is 3.14. The smallest absolute Gasteiger partial charge is 0.229 e. The summed E-state index contributed by atoms with van der Waals surface area (Å²) in [5.74, 6) is 0.211. The summed E-state index contributed by atoms with van der Waals surface area (Å²) in [6.07, 6.45) is -5.63. The zero-order chi connectivity index (χ0) is 20.7. The van der Waals surface area contributed by atoms with Gasteiger partial charge in [0.25, 0.3) is 0 Å². The fraction of sp³-hybridized carbons (Fsp3) is 0.368. The third-order valence-electron chi connectivity index (χ3n) is 4.70. The zero-order valence-corrected chi connectivity index (χ0v) is 16.1. The van der Waals surface area contributed by atoms with Gasteiger partial charge in [0.1, 0.15) is 47.0 Å². The first-order chi connectivity index (χ1) is 13.9. The molecule has 4 N–H and O–H groups in total. The minimum absolute atomic E-state index is 0.211. The summed E-state index contributed by atoms with van der Waals surface area (Å²) in [7, 11) is 0. The lowest BCUT2D eigenvalue weighted by atomic mass is 9.99. The third-order valence-corrected chi connectivity index (χ3v) is 5.69. The minimum atomic E-state index is -1.55. The molecule has 1 saturated heterocycles. The van der Waals surface area contributed by atoms with Crippen molar-refractivity contribution in [1.29, 1.82) is 0 Å². The van der Waals surface area contributed by atoms with Gasteiger partial charge < -0.3 is 34.3 Å². The van der Waals surface area contributed by atoms with Crippen molar-refractivity contribution in [3.05, 3.63) is 45.8 Å². The van der Waals surface area contributed by atoms with E-state index in [0.29, 0.717) is 16.0 Å². The first-order valence-corrected chi connectivity index (χ1v) is 9.72. The van der Waals surface area contributed by atoms with Crippen molar-refractivity contribution >= 4 is 22.3 Å². The molecule has 0 bridgehead atoms. The minimum Gasteiger partial charge on any atom is -0.463 e. The molecule has 1 aliphatic rings. The fourth-order valence-corrected chi connectivity index (χ4v) is 3.91. The van der Waals surface area contributed by atoms with Crippen molar-refractivity contribution in [2.45, 2.75) is 37.6 Å². The molecular weight excluding hydrogens is 402 g/mol. The molecule has 3 heterocycles. The van der Waals surface area contributed by atoms with E-state index in [0.717, 1.165) is 5.69 Å². The number of aliphatic hydroxyl groups excluding tert-OH is 4. The average molecular weight is 421 g/mol. The van der Waals surface area contributed by atoms with Gasteiger partial charge in [0.2, 0.25) is 11.7 Å². The lowest BCUT2D eigenvalue weighted by Gasteiger charge is -2.39. The Bertz CT molecular complexity index is 1080. The van der Waals surface area contributed by atoms with Gasteiger partial charge in [-0.25, -0.2) is 4.98 Å². The van der Waals surface area contributed by atoms with Crippen molar-refractivity contribution in [3.63, 3.8) is 0 Å². The van der Waals surface area contributed by atoms with Gasteiger partial charge in [0.05, 0.1) is 17.6 Å². The van der Waals surface area contributed by atoms with Crippen molar-refractivity contribution in [1.82, 2.24) is 4.98 Å². The Hall–Kier alpha value is -2.34. The molecule has 2 aromatic heterocycles. The van der Waals surface area contributed by atoms with Crippen molar-refractivity contribution in [2.24, 2.45) is 0 Å². The van der Waals surface area contributed by atoms with Crippen LogP contribution in [0.25, 0.3) is 21.5 Å². The number of benzene rings is 1. The first kappa shape index (κ1) is 20.0. The number of nitrogens with zero attached hydrogens (tertiary/aromatic N) is 1. The number of ether oxygens (including phenoxy) is 2. The molecule has 5 atom stereocenters. The van der Waals surface area contributed by atoms with Crippen LogP contribution in [-0.2, 0) is 4.74 Å². The highest BCUT2D eigenvalue weighted by Gasteiger charge is 2.44. The molecule has 29 heavy (non-hydrogen) atoms. The maximum atomic E-state index is 12.8. The summed E-state index contributed by atoms with van der Waals surface area (Å²) in [5.41, 5.74) is 1.19. The van der Waals surface area contributed by atoms with E-state index in [-0.39, 0.29) is 16.8 Å². The molecular formula is C19H19NO8S. The predicted molar refractivity (Wildman–Crippen MR) is 103 cm³/mol. The summed E-state index contributed by atoms with van der Waals surface area (Å²) in [5, 5.41) is 41.8. The van der Waals surface area contributed by atoms with Gasteiger partial charge in [-0.05, 0) is 19.1 Å². The van der Waals surface area contributed by atoms with Crippen LogP contribution >= 0.6 is 11.3 Å². The highest BCUT2D eigenvalue weighted by molar-refractivity contribution is 7.13. The largest absolute Gasteiger partial charge is 0.463 e. The zero-order valence-electron chi connectivity index (χ0n) is 15.3. The second-order valence-corrected chi connectivity index (χ2v) is 7.60. The Balaban J connectivity index is 1.62. The predicted octanol–water partition coefficient (Wildman–Crippen LogP) is 0.404. The summed E-state index contributed by atoms with van der Waals surface area (Å²) >= 11 is 1.35. The molecule has 1 aromatic carbocycles. The third kappa shape index (κ3) is 3.66. The molecule has 0 spiro atoms. The summed E-state index contributed by atoms with van der Waals surface area (Å²) in [6, 6.07) is 4.47. The Labute approximate surface area is 168 Å². The van der Waals surface area contributed by atoms with E-state index in [2.05, 4.69) is 4.98 Å². The Morgan fingerprint density at radius 3 is 2.69 bits per heavy atom. The highest BCUT2D eigenvalue weighted by Crippen LogP contribution is 2.28. The van der Waals surface area contributed by atoms with Gasteiger partial charge in [-0.3, -0.25) is 4.79 Å². The van der Waals surface area contributed by atoms with Gasteiger partial charge in [0.15, 0.2) is 0 Å². The Morgan fingerprint density at radius 1 is 1.21 bits per heavy atom. The second kappa shape index (κ2) is 7.82. The number of hydrogen-bond acceptors (Lipinski definition) is 10. The van der Waals surface area contributed by atoms with Gasteiger partial charge in [-0.2, -0.15) is 0 Å². The quantitative estimate of drug-likeness (QED) is 0.471. The van der Waals surface area contributed by atoms with Crippen LogP contribution in [0.5, 0.6) is 5.75 Å². The topological polar surface area (TPSA) is 142 Å². The maximum Gasteiger partial charge on any atom is 0.229 e. The monoisotopic (exact) mass is 421 g/mol. The normalized spacial score (nSPS) is 27.3. The molecule has 0 amide bonds. The van der Waals surface area contributed by atoms with Crippen LogP contribution in [0.15, 0.2) is 39.1 Å². The molecule has 0 aliphatic carbocycles. The van der Waals surface area contributed by atoms with Crippen LogP contribution in [0.4, 0.5) is 0 Å². The number of fused-ring (bicyclic) bond motifs is 1. The second-order valence-electron chi connectivity index (χ2n) is 6.75. The molecule has 0 saturated carbocycles. The highest BCUT2D eigenvalue weighted by atomic mass is 32.1. The van der Waals surface area contributed by atoms with E-state index < -0.39 is 37.3 Å². The number of hydrogen-bond donors (Lipinski definition) is 4. The van der Waals surface area contributed by atoms with E-state index in [9.17, 15) is 25.2 Å². The molecule has 1 aliphatic heterocycles. The number of aromatic nitrogens is 1. The molecule has 3 aromatic rings. The molecule has 154 valence electrons. The lowest BCUT2D eigenvalue weighted by molar-refractivity contribution is -0.277. The molecule has 9 nitrogen and oxygen atoms in total. The van der Waals surface area contributed by atoms with Crippen molar-refractivity contribution < 1.29 is 34.3 Å². The maximum absolute atomic E-state index is 12.8. The first-order valence-electron chi connectivity index (χ1n) is 8.84. The van der Waals surface area contributed by atoms with Gasteiger partial charge in [0, 0.05) is 17.1 Å². The molecule has 0 unspecified atom stereocenters. The number of aryl methyl sites for hydroxylation is 1. The molecule has 4 rings (SSSR count). The summed E-state index contributed by atoms with van der Waals surface area (Å²) in [6.45, 7) is 1.28. The standard InChI is InChI=1S/C19H19NO8S/c1-8-7-29-18(20-8)11-6-26-12-4-9(2-3-10(12)14(11)22)27-19-17(25)16(24)15(23)13(5-21)28-19/h2-4,6-7,13,15-17,19,21,23-25H,5H2,1H3/t13-,15+,16-,17-,19-/m1/s1. The number of thiazole rings is 1. The SMILES string of the molecule is Cc1csc(-c2coc3cc(O[C@@H]4O[C@H](CO)[C@H](O)[C@@H](O)[C@H]4O)ccc3c2=O)n1. The van der Waals surface area contributed by atoms with Crippen molar-refractivity contribution in [2.75, 3.05) is 6.61 Å². The van der Waals surface area contributed by atoms with Crippen LogP contribution in [0.2, 0.25) is 0 Å². The summed E-state index contributed by atoms with van der Waals surface area (Å²) < 4.78 is 16.5. The summed E-state index contributed by atoms with van der Waals surface area (Å²) in [4.78, 5) is 17.1. The van der Waals surface area contributed by atoms with Crippen LogP contribution in [0.3, 0.4) is 0 Å². The van der Waals surface area contributed by atoms with Crippen LogP contribution in [0.1, 0.15) is 5.69 Å². The Kier molecular flexibility index (Phi) is 5.38. The van der Waals surface area contributed by atoms with E-state index in [4.69, 9.17) is 13.9 Å². The molecule has 1 fully saturated rings. The van der Waals surface area contributed by atoms with Gasteiger partial charge in [-0.1, -0.05) is 0 Å². The number of rotatable bonds is 4.